The van der Waals surface area contributed by atoms with Crippen molar-refractivity contribution in [2.45, 2.75) is 20.5 Å². The molecule has 6 nitrogen and oxygen atoms in total. The summed E-state index contributed by atoms with van der Waals surface area (Å²) in [6.07, 6.45) is 1.72. The highest BCUT2D eigenvalue weighted by molar-refractivity contribution is 9.10. The number of carbonyl (C=O) groups is 1. The molecule has 1 aliphatic rings. The van der Waals surface area contributed by atoms with E-state index in [-0.39, 0.29) is 17.9 Å². The number of nitrogens with zero attached hydrogens (tertiary/aromatic N) is 1. The lowest BCUT2D eigenvalue weighted by Gasteiger charge is -2.15. The molecule has 0 atom stereocenters. The Morgan fingerprint density at radius 1 is 1.05 bits per heavy atom. The quantitative estimate of drug-likeness (QED) is 0.245. The zero-order valence-electron chi connectivity index (χ0n) is 20.7. The summed E-state index contributed by atoms with van der Waals surface area (Å²) >= 11 is 11.2. The highest BCUT2D eigenvalue weighted by Crippen LogP contribution is 2.42. The summed E-state index contributed by atoms with van der Waals surface area (Å²) in [6, 6.07) is 20.5. The molecule has 38 heavy (non-hydrogen) atoms. The Kier molecular flexibility index (Phi) is 9.55. The third kappa shape index (κ3) is 6.81. The van der Waals surface area contributed by atoms with E-state index in [0.29, 0.717) is 50.9 Å². The molecule has 0 bridgehead atoms. The van der Waals surface area contributed by atoms with Crippen LogP contribution in [0.25, 0.3) is 6.08 Å². The zero-order valence-corrected chi connectivity index (χ0v) is 23.9. The van der Waals surface area contributed by atoms with Gasteiger partial charge in [0.2, 0.25) is 0 Å². The van der Waals surface area contributed by atoms with Crippen molar-refractivity contribution in [3.8, 4) is 11.5 Å². The fourth-order valence-electron chi connectivity index (χ4n) is 3.57. The van der Waals surface area contributed by atoms with Crippen molar-refractivity contribution in [3.63, 3.8) is 0 Å². The molecule has 0 aromatic heterocycles. The molecule has 1 N–H and O–H groups in total. The van der Waals surface area contributed by atoms with E-state index in [9.17, 15) is 9.90 Å². The van der Waals surface area contributed by atoms with Crippen molar-refractivity contribution in [1.82, 2.24) is 0 Å². The summed E-state index contributed by atoms with van der Waals surface area (Å²) in [4.78, 5) is 17.7. The second-order valence-electron chi connectivity index (χ2n) is 7.99. The van der Waals surface area contributed by atoms with Crippen molar-refractivity contribution < 1.29 is 24.1 Å². The van der Waals surface area contributed by atoms with Crippen LogP contribution in [0, 0.1) is 0 Å². The van der Waals surface area contributed by atoms with Crippen LogP contribution < -0.4 is 9.47 Å². The third-order valence-corrected chi connectivity index (χ3v) is 7.11. The summed E-state index contributed by atoms with van der Waals surface area (Å²) in [5, 5.41) is 11.7. The van der Waals surface area contributed by atoms with Gasteiger partial charge in [0.15, 0.2) is 11.5 Å². The number of aliphatic hydroxyl groups excluding tert-OH is 1. The first-order valence-electron chi connectivity index (χ1n) is 11.9. The Hall–Kier alpha value is -3.20. The van der Waals surface area contributed by atoms with Gasteiger partial charge < -0.3 is 19.3 Å². The minimum Gasteiger partial charge on any atom is -0.506 e. The van der Waals surface area contributed by atoms with Crippen molar-refractivity contribution in [1.29, 1.82) is 0 Å². The lowest BCUT2D eigenvalue weighted by Crippen LogP contribution is -2.12. The van der Waals surface area contributed by atoms with Crippen LogP contribution in [0.1, 0.15) is 25.0 Å². The number of aliphatic imine (C=N–C) groups is 1. The van der Waals surface area contributed by atoms with Crippen LogP contribution in [0.15, 0.2) is 92.4 Å². The van der Waals surface area contributed by atoms with Gasteiger partial charge in [-0.15, -0.1) is 0 Å². The standard InChI is InChI=1S/C29H25BrClNO5S/c1-3-35-23-15-19(14-22(31)27(23)37-17-18-10-12-20(30)13-11-18)16-24-26(33)25(29(34)36-4-2)28(38-24)32-21-8-6-5-7-9-21/h5-16,33H,3-4,17H2,1-2H3/b24-16-,32-28?. The highest BCUT2D eigenvalue weighted by atomic mass is 79.9. The summed E-state index contributed by atoms with van der Waals surface area (Å²) < 4.78 is 18.0. The van der Waals surface area contributed by atoms with Gasteiger partial charge in [-0.1, -0.05) is 69.6 Å². The molecule has 4 rings (SSSR count). The van der Waals surface area contributed by atoms with Crippen LogP contribution in [0.5, 0.6) is 11.5 Å². The van der Waals surface area contributed by atoms with Gasteiger partial charge in [-0.05, 0) is 67.4 Å². The van der Waals surface area contributed by atoms with Crippen molar-refractivity contribution in [2.24, 2.45) is 4.99 Å². The lowest BCUT2D eigenvalue weighted by atomic mass is 10.1. The van der Waals surface area contributed by atoms with Gasteiger partial charge in [-0.25, -0.2) is 9.79 Å². The first-order chi connectivity index (χ1) is 18.4. The average Bonchev–Trinajstić information content (AvgIpc) is 3.19. The molecule has 196 valence electrons. The maximum Gasteiger partial charge on any atom is 0.344 e. The van der Waals surface area contributed by atoms with E-state index in [2.05, 4.69) is 20.9 Å². The molecule has 0 aliphatic carbocycles. The van der Waals surface area contributed by atoms with Crippen LogP contribution in [-0.4, -0.2) is 29.3 Å². The maximum absolute atomic E-state index is 12.7. The van der Waals surface area contributed by atoms with E-state index in [0.717, 1.165) is 10.0 Å². The molecule has 1 aliphatic heterocycles. The topological polar surface area (TPSA) is 77.4 Å². The minimum absolute atomic E-state index is 0.0255. The number of rotatable bonds is 9. The predicted molar refractivity (Wildman–Crippen MR) is 156 cm³/mol. The molecular weight excluding hydrogens is 590 g/mol. The number of carbonyl (C=O) groups excluding carboxylic acids is 1. The number of esters is 1. The van der Waals surface area contributed by atoms with Crippen molar-refractivity contribution >= 4 is 62.1 Å². The molecule has 1 heterocycles. The number of ether oxygens (including phenoxy) is 3. The number of para-hydroxylation sites is 1. The molecule has 0 unspecified atom stereocenters. The molecule has 3 aromatic rings. The Balaban J connectivity index is 1.67. The molecule has 0 saturated carbocycles. The number of hydrogen-bond acceptors (Lipinski definition) is 7. The van der Waals surface area contributed by atoms with Crippen LogP contribution >= 0.6 is 39.3 Å². The highest BCUT2D eigenvalue weighted by Gasteiger charge is 2.33. The van der Waals surface area contributed by atoms with Gasteiger partial charge in [0.05, 0.1) is 28.8 Å². The van der Waals surface area contributed by atoms with E-state index in [1.807, 2.05) is 61.5 Å². The van der Waals surface area contributed by atoms with Gasteiger partial charge >= 0.3 is 5.97 Å². The normalized spacial score (nSPS) is 15.3. The predicted octanol–water partition coefficient (Wildman–Crippen LogP) is 8.27. The number of halogens is 2. The van der Waals surface area contributed by atoms with Crippen LogP contribution in [-0.2, 0) is 16.1 Å². The second-order valence-corrected chi connectivity index (χ2v) is 10.3. The van der Waals surface area contributed by atoms with Crippen molar-refractivity contribution in [3.05, 3.63) is 104 Å². The fraction of sp³-hybridized carbons (Fsp3) is 0.172. The molecule has 0 radical (unpaired) electrons. The van der Waals surface area contributed by atoms with E-state index < -0.39 is 5.97 Å². The van der Waals surface area contributed by atoms with Crippen LogP contribution in [0.2, 0.25) is 5.02 Å². The molecule has 3 aromatic carbocycles. The maximum atomic E-state index is 12.7. The number of thioether (sulfide) groups is 1. The third-order valence-electron chi connectivity index (χ3n) is 5.28. The van der Waals surface area contributed by atoms with Gasteiger partial charge in [0, 0.05) is 4.47 Å². The van der Waals surface area contributed by atoms with Gasteiger partial charge in [0.1, 0.15) is 23.0 Å². The van der Waals surface area contributed by atoms with Crippen molar-refractivity contribution in [2.75, 3.05) is 13.2 Å². The van der Waals surface area contributed by atoms with Crippen LogP contribution in [0.3, 0.4) is 0 Å². The first-order valence-corrected chi connectivity index (χ1v) is 13.9. The Labute approximate surface area is 239 Å². The van der Waals surface area contributed by atoms with E-state index in [1.165, 1.54) is 11.8 Å². The average molecular weight is 615 g/mol. The molecule has 0 amide bonds. The molecular formula is C29H25BrClNO5S. The van der Waals surface area contributed by atoms with Gasteiger partial charge in [0.25, 0.3) is 0 Å². The molecule has 0 fully saturated rings. The second kappa shape index (κ2) is 13.0. The van der Waals surface area contributed by atoms with Gasteiger partial charge in [-0.3, -0.25) is 0 Å². The minimum atomic E-state index is -0.639. The number of aliphatic hydroxyl groups is 1. The van der Waals surface area contributed by atoms with Gasteiger partial charge in [-0.2, -0.15) is 0 Å². The van der Waals surface area contributed by atoms with E-state index >= 15 is 0 Å². The SMILES string of the molecule is CCOC(=O)C1=C(O)/C(=C/c2cc(Cl)c(OCc3ccc(Br)cc3)c(OCC)c2)SC1=Nc1ccccc1. The molecule has 0 saturated heterocycles. The number of hydrogen-bond donors (Lipinski definition) is 1. The summed E-state index contributed by atoms with van der Waals surface area (Å²) in [5.41, 5.74) is 2.32. The lowest BCUT2D eigenvalue weighted by molar-refractivity contribution is -0.138. The largest absolute Gasteiger partial charge is 0.506 e. The summed E-state index contributed by atoms with van der Waals surface area (Å²) in [7, 11) is 0. The fourth-order valence-corrected chi connectivity index (χ4v) is 5.15. The zero-order chi connectivity index (χ0) is 27.1. The summed E-state index contributed by atoms with van der Waals surface area (Å²) in [6.45, 7) is 4.48. The van der Waals surface area contributed by atoms with E-state index in [4.69, 9.17) is 25.8 Å². The smallest absolute Gasteiger partial charge is 0.344 e. The molecule has 9 heteroatoms. The Morgan fingerprint density at radius 3 is 2.47 bits per heavy atom. The summed E-state index contributed by atoms with van der Waals surface area (Å²) in [5.74, 6) is 0.0586. The number of benzene rings is 3. The Bertz CT molecular complexity index is 1400. The van der Waals surface area contributed by atoms with E-state index in [1.54, 1.807) is 25.1 Å². The monoisotopic (exact) mass is 613 g/mol. The Morgan fingerprint density at radius 2 is 1.79 bits per heavy atom. The van der Waals surface area contributed by atoms with Crippen LogP contribution in [0.4, 0.5) is 5.69 Å². The molecule has 0 spiro atoms. The first kappa shape index (κ1) is 27.8.